The van der Waals surface area contributed by atoms with Crippen molar-refractivity contribution in [2.45, 2.75) is 43.5 Å². The molecule has 0 atom stereocenters. The fraction of sp³-hybridized carbons (Fsp3) is 0.500. The number of rotatable bonds is 5. The van der Waals surface area contributed by atoms with Crippen molar-refractivity contribution in [3.63, 3.8) is 0 Å². The maximum atomic E-state index is 12.3. The molecule has 3 rings (SSSR count). The summed E-state index contributed by atoms with van der Waals surface area (Å²) in [5.74, 6) is 0.855. The van der Waals surface area contributed by atoms with E-state index in [0.717, 1.165) is 41.9 Å². The zero-order chi connectivity index (χ0) is 15.7. The van der Waals surface area contributed by atoms with E-state index in [-0.39, 0.29) is 10.7 Å². The molecule has 0 fully saturated rings. The number of hydrogen-bond acceptors (Lipinski definition) is 5. The van der Waals surface area contributed by atoms with E-state index in [4.69, 9.17) is 4.52 Å². The maximum absolute atomic E-state index is 12.3. The van der Waals surface area contributed by atoms with Gasteiger partial charge in [-0.15, -0.1) is 0 Å². The van der Waals surface area contributed by atoms with E-state index in [0.29, 0.717) is 12.2 Å². The SMILES string of the molecule is O=S(=O)(Nc1noc2c1CCCC2)c1cnn(CC(F)F)c1. The van der Waals surface area contributed by atoms with Crippen molar-refractivity contribution in [3.05, 3.63) is 23.7 Å². The van der Waals surface area contributed by atoms with Crippen LogP contribution in [0, 0.1) is 0 Å². The molecule has 0 spiro atoms. The molecule has 22 heavy (non-hydrogen) atoms. The van der Waals surface area contributed by atoms with Gasteiger partial charge in [0.25, 0.3) is 16.4 Å². The van der Waals surface area contributed by atoms with Crippen molar-refractivity contribution >= 4 is 15.8 Å². The molecule has 0 saturated carbocycles. The normalized spacial score (nSPS) is 15.0. The van der Waals surface area contributed by atoms with Crippen LogP contribution in [0.5, 0.6) is 0 Å². The lowest BCUT2D eigenvalue weighted by molar-refractivity contribution is 0.121. The molecule has 7 nitrogen and oxygen atoms in total. The lowest BCUT2D eigenvalue weighted by atomic mass is 9.98. The standard InChI is InChI=1S/C12H14F2N4O3S/c13-11(14)7-18-6-8(5-15-18)22(19,20)17-12-9-3-1-2-4-10(9)21-16-12/h5-6,11H,1-4,7H2,(H,16,17). The maximum Gasteiger partial charge on any atom is 0.266 e. The Morgan fingerprint density at radius 1 is 1.36 bits per heavy atom. The number of aromatic nitrogens is 3. The Balaban J connectivity index is 1.81. The smallest absolute Gasteiger partial charge is 0.266 e. The van der Waals surface area contributed by atoms with E-state index in [2.05, 4.69) is 15.0 Å². The third-order valence-corrected chi connectivity index (χ3v) is 4.72. The van der Waals surface area contributed by atoms with Crippen molar-refractivity contribution in [2.75, 3.05) is 4.72 Å². The van der Waals surface area contributed by atoms with Gasteiger partial charge in [0.05, 0.1) is 6.20 Å². The second kappa shape index (κ2) is 5.67. The van der Waals surface area contributed by atoms with Crippen LogP contribution >= 0.6 is 0 Å². The van der Waals surface area contributed by atoms with Gasteiger partial charge in [0.2, 0.25) is 0 Å². The molecule has 2 aromatic rings. The Labute approximate surface area is 125 Å². The fourth-order valence-electron chi connectivity index (χ4n) is 2.38. The van der Waals surface area contributed by atoms with Gasteiger partial charge >= 0.3 is 0 Å². The summed E-state index contributed by atoms with van der Waals surface area (Å²) < 4.78 is 57.4. The number of sulfonamides is 1. The average molecular weight is 332 g/mol. The van der Waals surface area contributed by atoms with Crippen LogP contribution in [0.2, 0.25) is 0 Å². The van der Waals surface area contributed by atoms with Crippen LogP contribution in [0.15, 0.2) is 21.8 Å². The van der Waals surface area contributed by atoms with Gasteiger partial charge in [-0.05, 0) is 19.3 Å². The Bertz CT molecular complexity index is 769. The van der Waals surface area contributed by atoms with Crippen LogP contribution in [0.4, 0.5) is 14.6 Å². The molecule has 120 valence electrons. The van der Waals surface area contributed by atoms with E-state index in [1.807, 2.05) is 0 Å². The van der Waals surface area contributed by atoms with Crippen molar-refractivity contribution < 1.29 is 21.7 Å². The third-order valence-electron chi connectivity index (χ3n) is 3.43. The van der Waals surface area contributed by atoms with Crippen molar-refractivity contribution in [1.29, 1.82) is 0 Å². The zero-order valence-corrected chi connectivity index (χ0v) is 12.3. The van der Waals surface area contributed by atoms with Crippen LogP contribution in [-0.2, 0) is 29.4 Å². The molecule has 0 aromatic carbocycles. The number of nitrogens with one attached hydrogen (secondary N) is 1. The minimum Gasteiger partial charge on any atom is -0.359 e. The Kier molecular flexibility index (Phi) is 3.85. The van der Waals surface area contributed by atoms with Gasteiger partial charge in [0, 0.05) is 18.2 Å². The van der Waals surface area contributed by atoms with Gasteiger partial charge < -0.3 is 4.52 Å². The average Bonchev–Trinajstić information content (AvgIpc) is 3.06. The number of fused-ring (bicyclic) bond motifs is 1. The highest BCUT2D eigenvalue weighted by Gasteiger charge is 2.25. The number of nitrogens with zero attached hydrogens (tertiary/aromatic N) is 3. The molecule has 0 unspecified atom stereocenters. The summed E-state index contributed by atoms with van der Waals surface area (Å²) in [6.07, 6.45) is 2.83. The predicted octanol–water partition coefficient (Wildman–Crippen LogP) is 1.82. The third kappa shape index (κ3) is 2.96. The van der Waals surface area contributed by atoms with E-state index >= 15 is 0 Å². The molecule has 1 N–H and O–H groups in total. The highest BCUT2D eigenvalue weighted by molar-refractivity contribution is 7.92. The molecule has 0 aliphatic heterocycles. The number of aryl methyl sites for hydroxylation is 1. The molecule has 1 aliphatic carbocycles. The molecule has 0 radical (unpaired) electrons. The quantitative estimate of drug-likeness (QED) is 0.902. The monoisotopic (exact) mass is 332 g/mol. The number of alkyl halides is 2. The first-order chi connectivity index (χ1) is 10.5. The van der Waals surface area contributed by atoms with Crippen LogP contribution in [0.25, 0.3) is 0 Å². The molecule has 2 heterocycles. The van der Waals surface area contributed by atoms with Crippen LogP contribution in [0.3, 0.4) is 0 Å². The first-order valence-corrected chi connectivity index (χ1v) is 8.25. The minimum atomic E-state index is -3.93. The highest BCUT2D eigenvalue weighted by atomic mass is 32.2. The zero-order valence-electron chi connectivity index (χ0n) is 11.5. The molecule has 2 aromatic heterocycles. The second-order valence-electron chi connectivity index (χ2n) is 5.03. The first-order valence-electron chi connectivity index (χ1n) is 6.76. The lowest BCUT2D eigenvalue weighted by Crippen LogP contribution is -2.15. The first kappa shape index (κ1) is 14.9. The van der Waals surface area contributed by atoms with Crippen LogP contribution in [0.1, 0.15) is 24.2 Å². The Morgan fingerprint density at radius 2 is 2.14 bits per heavy atom. The van der Waals surface area contributed by atoms with Crippen LogP contribution < -0.4 is 4.72 Å². The number of halogens is 2. The fourth-order valence-corrected chi connectivity index (χ4v) is 3.35. The summed E-state index contributed by atoms with van der Waals surface area (Å²) in [6, 6.07) is 0. The van der Waals surface area contributed by atoms with E-state index in [1.165, 1.54) is 0 Å². The molecular weight excluding hydrogens is 318 g/mol. The van der Waals surface area contributed by atoms with Crippen LogP contribution in [-0.4, -0.2) is 29.8 Å². The van der Waals surface area contributed by atoms with Gasteiger partial charge in [-0.2, -0.15) is 5.10 Å². The summed E-state index contributed by atoms with van der Waals surface area (Å²) in [5, 5.41) is 7.36. The van der Waals surface area contributed by atoms with Gasteiger partial charge in [-0.1, -0.05) is 5.16 Å². The van der Waals surface area contributed by atoms with E-state index in [1.54, 1.807) is 0 Å². The van der Waals surface area contributed by atoms with Gasteiger partial charge in [0.1, 0.15) is 17.2 Å². The number of anilines is 1. The Morgan fingerprint density at radius 3 is 2.91 bits per heavy atom. The summed E-state index contributed by atoms with van der Waals surface area (Å²) in [5.41, 5.74) is 0.759. The van der Waals surface area contributed by atoms with Gasteiger partial charge in [-0.25, -0.2) is 17.2 Å². The molecular formula is C12H14F2N4O3S. The summed E-state index contributed by atoms with van der Waals surface area (Å²) in [4.78, 5) is -0.194. The largest absolute Gasteiger partial charge is 0.359 e. The molecule has 0 amide bonds. The molecule has 1 aliphatic rings. The summed E-state index contributed by atoms with van der Waals surface area (Å²) >= 11 is 0. The summed E-state index contributed by atoms with van der Waals surface area (Å²) in [6.45, 7) is -0.658. The second-order valence-corrected chi connectivity index (χ2v) is 6.72. The van der Waals surface area contributed by atoms with Gasteiger partial charge in [-0.3, -0.25) is 9.40 Å². The molecule has 0 saturated heterocycles. The Hall–Kier alpha value is -1.97. The minimum absolute atomic E-state index is 0.163. The van der Waals surface area contributed by atoms with Gasteiger partial charge in [0.15, 0.2) is 5.82 Å². The topological polar surface area (TPSA) is 90.0 Å². The lowest BCUT2D eigenvalue weighted by Gasteiger charge is -2.09. The van der Waals surface area contributed by atoms with Crippen molar-refractivity contribution in [1.82, 2.24) is 14.9 Å². The number of hydrogen-bond donors (Lipinski definition) is 1. The van der Waals surface area contributed by atoms with Crippen molar-refractivity contribution in [2.24, 2.45) is 0 Å². The van der Waals surface area contributed by atoms with E-state index < -0.39 is 23.0 Å². The van der Waals surface area contributed by atoms with Crippen molar-refractivity contribution in [3.8, 4) is 0 Å². The highest BCUT2D eigenvalue weighted by Crippen LogP contribution is 2.28. The summed E-state index contributed by atoms with van der Waals surface area (Å²) in [7, 11) is -3.93. The predicted molar refractivity (Wildman–Crippen MR) is 72.2 cm³/mol. The van der Waals surface area contributed by atoms with E-state index in [9.17, 15) is 17.2 Å². The molecule has 10 heteroatoms. The molecule has 0 bridgehead atoms.